The van der Waals surface area contributed by atoms with Crippen molar-refractivity contribution in [2.24, 2.45) is 11.8 Å². The molecule has 3 heterocycles. The number of halogens is 1. The van der Waals surface area contributed by atoms with Gasteiger partial charge in [-0.15, -0.1) is 0 Å². The van der Waals surface area contributed by atoms with E-state index in [1.807, 2.05) is 30.3 Å². The van der Waals surface area contributed by atoms with Crippen molar-refractivity contribution in [1.29, 1.82) is 0 Å². The van der Waals surface area contributed by atoms with E-state index in [1.54, 1.807) is 25.3 Å². The summed E-state index contributed by atoms with van der Waals surface area (Å²) in [5.74, 6) is 1.01. The maximum absolute atomic E-state index is 13.3. The summed E-state index contributed by atoms with van der Waals surface area (Å²) in [6, 6.07) is 18.0. The van der Waals surface area contributed by atoms with E-state index >= 15 is 0 Å². The lowest BCUT2D eigenvalue weighted by Gasteiger charge is -2.52. The van der Waals surface area contributed by atoms with E-state index in [1.165, 1.54) is 12.1 Å². The second kappa shape index (κ2) is 17.0. The largest absolute Gasteiger partial charge is 0.506 e. The van der Waals surface area contributed by atoms with Crippen molar-refractivity contribution in [2.45, 2.75) is 69.3 Å². The van der Waals surface area contributed by atoms with E-state index in [0.717, 1.165) is 73.8 Å². The Hall–Kier alpha value is -3.71. The number of aromatic hydroxyl groups is 1. The van der Waals surface area contributed by atoms with Crippen molar-refractivity contribution < 1.29 is 38.9 Å². The number of nitrogens with one attached hydrogen (secondary N) is 3. The van der Waals surface area contributed by atoms with E-state index < -0.39 is 11.7 Å². The predicted octanol–water partition coefficient (Wildman–Crippen LogP) is 5.48. The average Bonchev–Trinajstić information content (AvgIpc) is 3.72. The smallest absolute Gasteiger partial charge is 0.230 e. The third-order valence-corrected chi connectivity index (χ3v) is 11.9. The Morgan fingerprint density at radius 3 is 2.52 bits per heavy atom. The number of fused-ring (bicyclic) bond motifs is 3. The molecule has 7 rings (SSSR count). The van der Waals surface area contributed by atoms with Crippen LogP contribution in [0.25, 0.3) is 0 Å². The van der Waals surface area contributed by atoms with Gasteiger partial charge in [0, 0.05) is 43.5 Å². The zero-order valence-corrected chi connectivity index (χ0v) is 30.6. The quantitative estimate of drug-likeness (QED) is 0.0607. The molecule has 1 aliphatic carbocycles. The van der Waals surface area contributed by atoms with Crippen LogP contribution in [0, 0.1) is 11.8 Å². The van der Waals surface area contributed by atoms with Crippen LogP contribution in [-0.4, -0.2) is 84.7 Å². The van der Waals surface area contributed by atoms with E-state index in [9.17, 15) is 24.9 Å². The first-order chi connectivity index (χ1) is 25.1. The van der Waals surface area contributed by atoms with Gasteiger partial charge in [-0.2, -0.15) is 0 Å². The number of rotatable bonds is 17. The molecule has 2 amide bonds. The van der Waals surface area contributed by atoms with Crippen LogP contribution in [0.15, 0.2) is 60.7 Å². The molecule has 4 aliphatic rings. The predicted molar refractivity (Wildman–Crippen MR) is 200 cm³/mol. The summed E-state index contributed by atoms with van der Waals surface area (Å²) in [6.45, 7) is 4.43. The molecular formula is C40H52ClN4O7+. The molecule has 1 unspecified atom stereocenters. The first-order valence-corrected chi connectivity index (χ1v) is 18.8. The van der Waals surface area contributed by atoms with Gasteiger partial charge in [-0.3, -0.25) is 9.59 Å². The molecule has 0 aromatic heterocycles. The number of aliphatic hydroxyl groups excluding tert-OH is 1. The second-order valence-electron chi connectivity index (χ2n) is 14.8. The van der Waals surface area contributed by atoms with Gasteiger partial charge < -0.3 is 45.2 Å². The van der Waals surface area contributed by atoms with Crippen LogP contribution in [0.3, 0.4) is 0 Å². The lowest BCUT2D eigenvalue weighted by atomic mass is 9.80. The zero-order chi connectivity index (χ0) is 36.7. The number of nitrogens with zero attached hydrogens (tertiary/aromatic N) is 1. The molecule has 2 bridgehead atoms. The first-order valence-electron chi connectivity index (χ1n) is 18.5. The third kappa shape index (κ3) is 8.73. The molecule has 0 spiro atoms. The van der Waals surface area contributed by atoms with E-state index in [2.05, 4.69) is 16.0 Å². The summed E-state index contributed by atoms with van der Waals surface area (Å²) in [4.78, 5) is 24.1. The molecule has 6 N–H and O–H groups in total. The van der Waals surface area contributed by atoms with Gasteiger partial charge in [-0.1, -0.05) is 60.8 Å². The van der Waals surface area contributed by atoms with Crippen LogP contribution < -0.4 is 20.7 Å². The molecule has 12 heteroatoms. The van der Waals surface area contributed by atoms with E-state index in [4.69, 9.17) is 21.1 Å². The van der Waals surface area contributed by atoms with Gasteiger partial charge in [0.05, 0.1) is 62.3 Å². The molecule has 11 nitrogen and oxygen atoms in total. The Bertz CT molecular complexity index is 1680. The number of phenols is 1. The minimum absolute atomic E-state index is 0.0567. The van der Waals surface area contributed by atoms with Crippen molar-refractivity contribution in [1.82, 2.24) is 5.32 Å². The van der Waals surface area contributed by atoms with Gasteiger partial charge in [-0.05, 0) is 48.1 Å². The van der Waals surface area contributed by atoms with E-state index in [0.29, 0.717) is 60.5 Å². The first kappa shape index (κ1) is 38.0. The third-order valence-electron chi connectivity index (χ3n) is 11.6. The maximum atomic E-state index is 13.3. The number of benzene rings is 3. The average molecular weight is 736 g/mol. The summed E-state index contributed by atoms with van der Waals surface area (Å²) in [5, 5.41) is 41.5. The summed E-state index contributed by atoms with van der Waals surface area (Å²) in [6.07, 6.45) is 6.40. The molecule has 3 aliphatic heterocycles. The number of aliphatic hydroxyl groups is 2. The number of anilines is 2. The van der Waals surface area contributed by atoms with Gasteiger partial charge in [0.1, 0.15) is 29.7 Å². The van der Waals surface area contributed by atoms with Crippen molar-refractivity contribution in [3.8, 4) is 11.5 Å². The van der Waals surface area contributed by atoms with E-state index in [-0.39, 0.29) is 35.9 Å². The number of quaternary nitrogens is 1. The Morgan fingerprint density at radius 2 is 1.81 bits per heavy atom. The Morgan fingerprint density at radius 1 is 1.06 bits per heavy atom. The Labute approximate surface area is 310 Å². The monoisotopic (exact) mass is 735 g/mol. The minimum Gasteiger partial charge on any atom is -0.506 e. The van der Waals surface area contributed by atoms with Crippen LogP contribution in [0.2, 0.25) is 5.02 Å². The topological polar surface area (TPSA) is 149 Å². The minimum atomic E-state index is -0.990. The van der Waals surface area contributed by atoms with Crippen molar-refractivity contribution in [3.05, 3.63) is 82.4 Å². The number of piperidine rings is 3. The number of amides is 2. The molecule has 3 atom stereocenters. The normalized spacial score (nSPS) is 23.2. The highest BCUT2D eigenvalue weighted by Gasteiger charge is 2.48. The van der Waals surface area contributed by atoms with Crippen molar-refractivity contribution in [2.75, 3.05) is 57.1 Å². The Balaban J connectivity index is 1.02. The molecule has 4 fully saturated rings. The van der Waals surface area contributed by atoms with Gasteiger partial charge in [0.15, 0.2) is 0 Å². The zero-order valence-electron chi connectivity index (χ0n) is 29.9. The highest BCUT2D eigenvalue weighted by Crippen LogP contribution is 2.43. The summed E-state index contributed by atoms with van der Waals surface area (Å²) >= 11 is 6.65. The Kier molecular flexibility index (Phi) is 12.4. The summed E-state index contributed by atoms with van der Waals surface area (Å²) < 4.78 is 13.1. The highest BCUT2D eigenvalue weighted by atomic mass is 35.5. The summed E-state index contributed by atoms with van der Waals surface area (Å²) in [5.41, 5.74) is 1.90. The molecular weight excluding hydrogens is 684 g/mol. The lowest BCUT2D eigenvalue weighted by molar-refractivity contribution is -0.946. The molecule has 0 radical (unpaired) electrons. The molecule has 3 aromatic rings. The number of hydrogen-bond donors (Lipinski definition) is 6. The number of methoxy groups -OCH3 is 1. The SMILES string of the molecule is COc1cc(NC(=O)CC[N+]23CCC(CC2)[C@@H](OCC(O)(c2ccccc2)C2CCCC2)C3)c(Cl)cc1CNC[C@H](O)c1ccc(O)c(NC=O)c1. The molecule has 280 valence electrons. The van der Waals surface area contributed by atoms with Crippen LogP contribution in [-0.2, 0) is 26.5 Å². The number of phenolic OH excluding ortho intramolecular Hbond substituents is 1. The fraction of sp³-hybridized carbons (Fsp3) is 0.500. The number of carbonyl (C=O) groups is 2. The van der Waals surface area contributed by atoms with Crippen LogP contribution in [0.1, 0.15) is 67.7 Å². The van der Waals surface area contributed by atoms with Crippen LogP contribution in [0.5, 0.6) is 11.5 Å². The van der Waals surface area contributed by atoms with Gasteiger partial charge in [0.25, 0.3) is 0 Å². The van der Waals surface area contributed by atoms with Gasteiger partial charge in [0.2, 0.25) is 12.3 Å². The number of carbonyl (C=O) groups excluding carboxylic acids is 2. The second-order valence-corrected chi connectivity index (χ2v) is 15.2. The van der Waals surface area contributed by atoms with Crippen molar-refractivity contribution >= 4 is 35.3 Å². The lowest BCUT2D eigenvalue weighted by Crippen LogP contribution is -2.65. The molecule has 3 aromatic carbocycles. The van der Waals surface area contributed by atoms with Crippen molar-refractivity contribution in [3.63, 3.8) is 0 Å². The molecule has 3 saturated heterocycles. The van der Waals surface area contributed by atoms with Gasteiger partial charge >= 0.3 is 0 Å². The number of ether oxygens (including phenoxy) is 2. The molecule has 52 heavy (non-hydrogen) atoms. The van der Waals surface area contributed by atoms with Crippen LogP contribution in [0.4, 0.5) is 11.4 Å². The highest BCUT2D eigenvalue weighted by molar-refractivity contribution is 6.33. The molecule has 1 saturated carbocycles. The number of hydrogen-bond acceptors (Lipinski definition) is 8. The standard InChI is InChI=1S/C40H51ClN4O7/c1-51-37-21-33(32(41)19-29(37)22-42-23-36(48)28-11-12-35(47)34(20-28)43-26-46)44-39(49)15-18-45-16-13-27(14-17-45)38(24-45)52-25-40(50,31-9-5-6-10-31)30-7-3-2-4-8-30/h2-4,7-8,11-12,19-21,26-27,31,36,38,42,48,50H,5-6,9-10,13-18,22-25H2,1H3,(H2-,43,44,46,47,49)/p+1/t27?,36-,38-,40?,45?/m0/s1. The van der Waals surface area contributed by atoms with Crippen LogP contribution >= 0.6 is 11.6 Å². The fourth-order valence-electron chi connectivity index (χ4n) is 8.50. The van der Waals surface area contributed by atoms with Gasteiger partial charge in [-0.25, -0.2) is 0 Å². The maximum Gasteiger partial charge on any atom is 0.230 e. The fourth-order valence-corrected chi connectivity index (χ4v) is 8.73. The summed E-state index contributed by atoms with van der Waals surface area (Å²) in [7, 11) is 1.55.